The first kappa shape index (κ1) is 16.0. The Morgan fingerprint density at radius 1 is 1.17 bits per heavy atom. The molecule has 0 saturated carbocycles. The Labute approximate surface area is 142 Å². The Hall–Kier alpha value is -1.84. The highest BCUT2D eigenvalue weighted by atomic mass is 35.5. The van der Waals surface area contributed by atoms with Crippen molar-refractivity contribution in [1.29, 1.82) is 0 Å². The summed E-state index contributed by atoms with van der Waals surface area (Å²) >= 11 is 6.21. The van der Waals surface area contributed by atoms with E-state index >= 15 is 0 Å². The third kappa shape index (κ3) is 4.12. The highest BCUT2D eigenvalue weighted by Crippen LogP contribution is 2.25. The molecule has 1 unspecified atom stereocenters. The zero-order valence-corrected chi connectivity index (χ0v) is 13.8. The van der Waals surface area contributed by atoms with Crippen LogP contribution in [0.15, 0.2) is 48.5 Å². The van der Waals surface area contributed by atoms with E-state index in [1.54, 1.807) is 6.07 Å². The number of benzene rings is 2. The Morgan fingerprint density at radius 2 is 2.00 bits per heavy atom. The van der Waals surface area contributed by atoms with Gasteiger partial charge in [-0.3, -0.25) is 4.79 Å². The van der Waals surface area contributed by atoms with Gasteiger partial charge in [-0.25, -0.2) is 0 Å². The molecule has 1 amide bonds. The minimum absolute atomic E-state index is 0.0984. The average molecular weight is 329 g/mol. The summed E-state index contributed by atoms with van der Waals surface area (Å²) in [4.78, 5) is 12.4. The monoisotopic (exact) mass is 328 g/mol. The fourth-order valence-corrected chi connectivity index (χ4v) is 3.16. The van der Waals surface area contributed by atoms with E-state index in [-0.39, 0.29) is 5.91 Å². The van der Waals surface area contributed by atoms with Gasteiger partial charge >= 0.3 is 0 Å². The molecule has 0 aromatic heterocycles. The van der Waals surface area contributed by atoms with Gasteiger partial charge in [0.1, 0.15) is 0 Å². The van der Waals surface area contributed by atoms with Crippen molar-refractivity contribution < 1.29 is 4.79 Å². The Bertz CT molecular complexity index is 666. The molecule has 2 aromatic rings. The lowest BCUT2D eigenvalue weighted by Gasteiger charge is -2.11. The zero-order valence-electron chi connectivity index (χ0n) is 13.0. The van der Waals surface area contributed by atoms with Gasteiger partial charge < -0.3 is 10.6 Å². The number of hydrogen-bond acceptors (Lipinski definition) is 2. The number of amides is 1. The third-order valence-corrected chi connectivity index (χ3v) is 4.65. The molecule has 3 rings (SSSR count). The van der Waals surface area contributed by atoms with E-state index in [4.69, 9.17) is 11.6 Å². The lowest BCUT2D eigenvalue weighted by Crippen LogP contribution is -2.26. The van der Waals surface area contributed by atoms with Gasteiger partial charge in [-0.15, -0.1) is 0 Å². The van der Waals surface area contributed by atoms with Gasteiger partial charge in [0.15, 0.2) is 0 Å². The second kappa shape index (κ2) is 7.62. The molecule has 120 valence electrons. The number of hydrogen-bond donors (Lipinski definition) is 2. The zero-order chi connectivity index (χ0) is 16.1. The van der Waals surface area contributed by atoms with Crippen molar-refractivity contribution in [3.05, 3.63) is 59.1 Å². The predicted molar refractivity (Wildman–Crippen MR) is 94.8 cm³/mol. The summed E-state index contributed by atoms with van der Waals surface area (Å²) in [6.45, 7) is 2.83. The fourth-order valence-electron chi connectivity index (χ4n) is 2.96. The summed E-state index contributed by atoms with van der Waals surface area (Å²) in [5.41, 5.74) is 2.62. The van der Waals surface area contributed by atoms with Crippen LogP contribution in [0.5, 0.6) is 0 Å². The van der Waals surface area contributed by atoms with E-state index in [0.717, 1.165) is 30.6 Å². The van der Waals surface area contributed by atoms with Gasteiger partial charge in [-0.1, -0.05) is 48.0 Å². The molecule has 2 N–H and O–H groups in total. The largest absolute Gasteiger partial charge is 0.352 e. The van der Waals surface area contributed by atoms with Crippen LogP contribution in [0.1, 0.15) is 23.2 Å². The van der Waals surface area contributed by atoms with Crippen LogP contribution in [0.3, 0.4) is 0 Å². The summed E-state index contributed by atoms with van der Waals surface area (Å²) < 4.78 is 0. The lowest BCUT2D eigenvalue weighted by molar-refractivity contribution is 0.0952. The van der Waals surface area contributed by atoms with Crippen LogP contribution < -0.4 is 10.6 Å². The fraction of sp³-hybridized carbons (Fsp3) is 0.316. The minimum atomic E-state index is -0.0984. The summed E-state index contributed by atoms with van der Waals surface area (Å²) in [5, 5.41) is 6.83. The van der Waals surface area contributed by atoms with Crippen molar-refractivity contribution in [2.75, 3.05) is 19.6 Å². The van der Waals surface area contributed by atoms with Gasteiger partial charge in [0.2, 0.25) is 0 Å². The molecule has 0 spiro atoms. The number of nitrogens with one attached hydrogen (secondary N) is 2. The topological polar surface area (TPSA) is 41.1 Å². The summed E-state index contributed by atoms with van der Waals surface area (Å²) in [6.07, 6.45) is 2.20. The van der Waals surface area contributed by atoms with E-state index in [1.165, 1.54) is 6.42 Å². The highest BCUT2D eigenvalue weighted by molar-refractivity contribution is 6.34. The van der Waals surface area contributed by atoms with Gasteiger partial charge in [0.05, 0.1) is 10.6 Å². The van der Waals surface area contributed by atoms with Gasteiger partial charge in [0.25, 0.3) is 5.91 Å². The number of rotatable bonds is 5. The molecule has 23 heavy (non-hydrogen) atoms. The van der Waals surface area contributed by atoms with Crippen LogP contribution >= 0.6 is 11.6 Å². The van der Waals surface area contributed by atoms with E-state index < -0.39 is 0 Å². The Morgan fingerprint density at radius 3 is 2.74 bits per heavy atom. The van der Waals surface area contributed by atoms with Crippen LogP contribution in [0.2, 0.25) is 5.02 Å². The van der Waals surface area contributed by atoms with Gasteiger partial charge in [-0.2, -0.15) is 0 Å². The predicted octanol–water partition coefficient (Wildman–Crippen LogP) is 3.74. The molecular weight excluding hydrogens is 308 g/mol. The second-order valence-corrected chi connectivity index (χ2v) is 6.37. The molecule has 0 aliphatic carbocycles. The molecule has 4 heteroatoms. The van der Waals surface area contributed by atoms with Crippen molar-refractivity contribution >= 4 is 17.5 Å². The normalized spacial score (nSPS) is 17.2. The maximum absolute atomic E-state index is 12.4. The Balaban J connectivity index is 1.67. The van der Waals surface area contributed by atoms with Crippen molar-refractivity contribution in [2.45, 2.75) is 12.8 Å². The summed E-state index contributed by atoms with van der Waals surface area (Å²) in [7, 11) is 0. The van der Waals surface area contributed by atoms with Crippen LogP contribution in [-0.2, 0) is 0 Å². The molecule has 1 aliphatic heterocycles. The summed E-state index contributed by atoms with van der Waals surface area (Å²) in [5.74, 6) is 0.570. The van der Waals surface area contributed by atoms with Crippen molar-refractivity contribution in [1.82, 2.24) is 10.6 Å². The average Bonchev–Trinajstić information content (AvgIpc) is 3.09. The molecule has 0 bridgehead atoms. The lowest BCUT2D eigenvalue weighted by atomic mass is 10.0. The molecule has 1 saturated heterocycles. The smallest absolute Gasteiger partial charge is 0.252 e. The molecule has 1 aliphatic rings. The van der Waals surface area contributed by atoms with Crippen molar-refractivity contribution in [3.8, 4) is 11.1 Å². The molecule has 0 radical (unpaired) electrons. The summed E-state index contributed by atoms with van der Waals surface area (Å²) in [6, 6.07) is 15.6. The third-order valence-electron chi connectivity index (χ3n) is 4.32. The molecule has 1 atom stereocenters. The highest BCUT2D eigenvalue weighted by Gasteiger charge is 2.16. The number of halogens is 1. The molecule has 1 heterocycles. The van der Waals surface area contributed by atoms with Crippen molar-refractivity contribution in [2.24, 2.45) is 5.92 Å². The SMILES string of the molecule is O=C(NCCC1CCNC1)c1cc(-c2ccccc2)ccc1Cl. The van der Waals surface area contributed by atoms with Crippen molar-refractivity contribution in [3.63, 3.8) is 0 Å². The van der Waals surface area contributed by atoms with Crippen LogP contribution in [0, 0.1) is 5.92 Å². The van der Waals surface area contributed by atoms with E-state index in [9.17, 15) is 4.79 Å². The number of carbonyl (C=O) groups is 1. The van der Waals surface area contributed by atoms with Crippen LogP contribution in [0.4, 0.5) is 0 Å². The van der Waals surface area contributed by atoms with E-state index in [0.29, 0.717) is 23.0 Å². The quantitative estimate of drug-likeness (QED) is 0.878. The second-order valence-electron chi connectivity index (χ2n) is 5.96. The standard InChI is InChI=1S/C19H21ClN2O/c20-18-7-6-16(15-4-2-1-3-5-15)12-17(18)19(23)22-11-9-14-8-10-21-13-14/h1-7,12,14,21H,8-11,13H2,(H,22,23). The van der Waals surface area contributed by atoms with E-state index in [2.05, 4.69) is 10.6 Å². The first-order chi connectivity index (χ1) is 11.2. The minimum Gasteiger partial charge on any atom is -0.352 e. The van der Waals surface area contributed by atoms with Crippen LogP contribution in [-0.4, -0.2) is 25.5 Å². The van der Waals surface area contributed by atoms with E-state index in [1.807, 2.05) is 42.5 Å². The van der Waals surface area contributed by atoms with Gasteiger partial charge in [-0.05, 0) is 55.1 Å². The molecular formula is C19H21ClN2O. The number of carbonyl (C=O) groups excluding carboxylic acids is 1. The maximum Gasteiger partial charge on any atom is 0.252 e. The first-order valence-electron chi connectivity index (χ1n) is 8.08. The molecule has 3 nitrogen and oxygen atoms in total. The molecule has 2 aromatic carbocycles. The Kier molecular flexibility index (Phi) is 5.31. The van der Waals surface area contributed by atoms with Gasteiger partial charge in [0, 0.05) is 6.54 Å². The molecule has 1 fully saturated rings. The maximum atomic E-state index is 12.4. The first-order valence-corrected chi connectivity index (χ1v) is 8.46. The van der Waals surface area contributed by atoms with Crippen LogP contribution in [0.25, 0.3) is 11.1 Å².